The standard InChI is InChI=1S/C17H13ClF2N2O/c18-12-9-14(20)13(19)8-11(12)17-21-15-7-10(3-4-16(15)23-17)22-5-1-2-6-22/h3-4,7-9H,1-2,5-6H2. The molecule has 0 atom stereocenters. The van der Waals surface area contributed by atoms with Gasteiger partial charge in [0, 0.05) is 18.8 Å². The summed E-state index contributed by atoms with van der Waals surface area (Å²) in [4.78, 5) is 6.67. The SMILES string of the molecule is Fc1cc(Cl)c(-c2nc3cc(N4CCCC4)ccc3o2)cc1F. The van der Waals surface area contributed by atoms with Gasteiger partial charge < -0.3 is 9.32 Å². The van der Waals surface area contributed by atoms with E-state index in [0.29, 0.717) is 11.1 Å². The van der Waals surface area contributed by atoms with Crippen molar-refractivity contribution in [1.29, 1.82) is 0 Å². The summed E-state index contributed by atoms with van der Waals surface area (Å²) in [6.45, 7) is 2.07. The second-order valence-corrected chi connectivity index (χ2v) is 6.02. The Bertz CT molecular complexity index is 888. The van der Waals surface area contributed by atoms with E-state index in [1.54, 1.807) is 0 Å². The van der Waals surface area contributed by atoms with Gasteiger partial charge in [-0.05, 0) is 43.2 Å². The van der Waals surface area contributed by atoms with E-state index in [-0.39, 0.29) is 16.5 Å². The Morgan fingerprint density at radius 1 is 1.04 bits per heavy atom. The summed E-state index contributed by atoms with van der Waals surface area (Å²) in [5.41, 5.74) is 2.59. The van der Waals surface area contributed by atoms with Crippen LogP contribution in [0.4, 0.5) is 14.5 Å². The van der Waals surface area contributed by atoms with Crippen LogP contribution >= 0.6 is 11.6 Å². The minimum Gasteiger partial charge on any atom is -0.436 e. The summed E-state index contributed by atoms with van der Waals surface area (Å²) in [6, 6.07) is 7.70. The Kier molecular flexibility index (Phi) is 3.45. The number of halogens is 3. The van der Waals surface area contributed by atoms with Crippen molar-refractivity contribution in [3.8, 4) is 11.5 Å². The molecule has 3 aromatic rings. The largest absolute Gasteiger partial charge is 0.436 e. The third-order valence-electron chi connectivity index (χ3n) is 4.08. The quantitative estimate of drug-likeness (QED) is 0.616. The van der Waals surface area contributed by atoms with Crippen molar-refractivity contribution in [1.82, 2.24) is 4.98 Å². The van der Waals surface area contributed by atoms with E-state index in [1.807, 2.05) is 18.2 Å². The number of hydrogen-bond acceptors (Lipinski definition) is 3. The predicted molar refractivity (Wildman–Crippen MR) is 85.8 cm³/mol. The molecule has 0 bridgehead atoms. The van der Waals surface area contributed by atoms with E-state index in [1.165, 1.54) is 12.8 Å². The predicted octanol–water partition coefficient (Wildman–Crippen LogP) is 5.03. The Labute approximate surface area is 136 Å². The molecule has 1 aliphatic heterocycles. The minimum absolute atomic E-state index is 0.0650. The molecule has 0 saturated carbocycles. The molecule has 1 aromatic heterocycles. The monoisotopic (exact) mass is 334 g/mol. The summed E-state index contributed by atoms with van der Waals surface area (Å²) in [6.07, 6.45) is 2.37. The maximum absolute atomic E-state index is 13.5. The number of nitrogens with zero attached hydrogens (tertiary/aromatic N) is 2. The van der Waals surface area contributed by atoms with E-state index in [0.717, 1.165) is 30.9 Å². The first-order chi connectivity index (χ1) is 11.1. The van der Waals surface area contributed by atoms with Crippen LogP contribution in [0.25, 0.3) is 22.6 Å². The van der Waals surface area contributed by atoms with Crippen molar-refractivity contribution in [2.75, 3.05) is 18.0 Å². The molecule has 2 aromatic carbocycles. The minimum atomic E-state index is -0.994. The summed E-state index contributed by atoms with van der Waals surface area (Å²) in [5, 5.41) is 0.0650. The van der Waals surface area contributed by atoms with Gasteiger partial charge in [0.2, 0.25) is 5.89 Å². The van der Waals surface area contributed by atoms with Crippen LogP contribution in [-0.2, 0) is 0 Å². The average molecular weight is 335 g/mol. The molecule has 3 nitrogen and oxygen atoms in total. The number of aromatic nitrogens is 1. The fourth-order valence-electron chi connectivity index (χ4n) is 2.89. The summed E-state index contributed by atoms with van der Waals surface area (Å²) in [7, 11) is 0. The van der Waals surface area contributed by atoms with E-state index < -0.39 is 11.6 Å². The van der Waals surface area contributed by atoms with Crippen LogP contribution in [0.5, 0.6) is 0 Å². The molecule has 118 valence electrons. The van der Waals surface area contributed by atoms with Crippen molar-refractivity contribution in [3.63, 3.8) is 0 Å². The van der Waals surface area contributed by atoms with Gasteiger partial charge in [0.05, 0.1) is 10.6 Å². The Hall–Kier alpha value is -2.14. The highest BCUT2D eigenvalue weighted by atomic mass is 35.5. The van der Waals surface area contributed by atoms with Crippen molar-refractivity contribution < 1.29 is 13.2 Å². The lowest BCUT2D eigenvalue weighted by molar-refractivity contribution is 0.508. The van der Waals surface area contributed by atoms with Crippen molar-refractivity contribution in [3.05, 3.63) is 47.0 Å². The zero-order chi connectivity index (χ0) is 16.0. The fourth-order valence-corrected chi connectivity index (χ4v) is 3.12. The molecule has 1 saturated heterocycles. The smallest absolute Gasteiger partial charge is 0.228 e. The number of benzene rings is 2. The maximum atomic E-state index is 13.5. The highest BCUT2D eigenvalue weighted by Gasteiger charge is 2.17. The number of fused-ring (bicyclic) bond motifs is 1. The number of anilines is 1. The molecule has 23 heavy (non-hydrogen) atoms. The molecule has 0 spiro atoms. The molecular weight excluding hydrogens is 322 g/mol. The van der Waals surface area contributed by atoms with Crippen molar-refractivity contribution in [2.24, 2.45) is 0 Å². The third kappa shape index (κ3) is 2.55. The molecule has 0 amide bonds. The normalized spacial score (nSPS) is 14.8. The van der Waals surface area contributed by atoms with Crippen LogP contribution in [0, 0.1) is 11.6 Å². The number of oxazole rings is 1. The first-order valence-electron chi connectivity index (χ1n) is 7.42. The molecule has 4 rings (SSSR count). The Balaban J connectivity index is 1.78. The van der Waals surface area contributed by atoms with Gasteiger partial charge in [0.25, 0.3) is 0 Å². The lowest BCUT2D eigenvalue weighted by Gasteiger charge is -2.16. The van der Waals surface area contributed by atoms with Gasteiger partial charge in [0.15, 0.2) is 17.2 Å². The van der Waals surface area contributed by atoms with Crippen molar-refractivity contribution in [2.45, 2.75) is 12.8 Å². The molecule has 0 unspecified atom stereocenters. The van der Waals surface area contributed by atoms with Gasteiger partial charge in [-0.1, -0.05) is 11.6 Å². The van der Waals surface area contributed by atoms with Crippen LogP contribution < -0.4 is 4.90 Å². The van der Waals surface area contributed by atoms with Gasteiger partial charge in [0.1, 0.15) is 5.52 Å². The van der Waals surface area contributed by atoms with Crippen LogP contribution in [0.3, 0.4) is 0 Å². The Morgan fingerprint density at radius 3 is 2.57 bits per heavy atom. The molecule has 0 aliphatic carbocycles. The number of rotatable bonds is 2. The Morgan fingerprint density at radius 2 is 1.78 bits per heavy atom. The van der Waals surface area contributed by atoms with Crippen LogP contribution in [0.2, 0.25) is 5.02 Å². The van der Waals surface area contributed by atoms with Gasteiger partial charge >= 0.3 is 0 Å². The van der Waals surface area contributed by atoms with Gasteiger partial charge in [-0.2, -0.15) is 0 Å². The average Bonchev–Trinajstić information content (AvgIpc) is 3.18. The lowest BCUT2D eigenvalue weighted by atomic mass is 10.2. The zero-order valence-corrected chi connectivity index (χ0v) is 12.9. The van der Waals surface area contributed by atoms with Gasteiger partial charge in [-0.25, -0.2) is 13.8 Å². The maximum Gasteiger partial charge on any atom is 0.228 e. The topological polar surface area (TPSA) is 29.3 Å². The number of hydrogen-bond donors (Lipinski definition) is 0. The second-order valence-electron chi connectivity index (χ2n) is 5.61. The van der Waals surface area contributed by atoms with Gasteiger partial charge in [-0.15, -0.1) is 0 Å². The summed E-state index contributed by atoms with van der Waals surface area (Å²) < 4.78 is 32.3. The molecule has 0 N–H and O–H groups in total. The van der Waals surface area contributed by atoms with E-state index in [4.69, 9.17) is 16.0 Å². The van der Waals surface area contributed by atoms with Crippen LogP contribution in [0.1, 0.15) is 12.8 Å². The zero-order valence-electron chi connectivity index (χ0n) is 12.2. The molecule has 6 heteroatoms. The molecule has 1 aliphatic rings. The van der Waals surface area contributed by atoms with Crippen LogP contribution in [0.15, 0.2) is 34.7 Å². The molecule has 1 fully saturated rings. The first-order valence-corrected chi connectivity index (χ1v) is 7.80. The van der Waals surface area contributed by atoms with Crippen molar-refractivity contribution >= 4 is 28.4 Å². The molecule has 2 heterocycles. The van der Waals surface area contributed by atoms with E-state index in [2.05, 4.69) is 9.88 Å². The van der Waals surface area contributed by atoms with E-state index in [9.17, 15) is 8.78 Å². The van der Waals surface area contributed by atoms with Gasteiger partial charge in [-0.3, -0.25) is 0 Å². The fraction of sp³-hybridized carbons (Fsp3) is 0.235. The summed E-state index contributed by atoms with van der Waals surface area (Å²) >= 11 is 5.98. The third-order valence-corrected chi connectivity index (χ3v) is 4.40. The first kappa shape index (κ1) is 14.5. The summed E-state index contributed by atoms with van der Waals surface area (Å²) in [5.74, 6) is -1.79. The van der Waals surface area contributed by atoms with Crippen LogP contribution in [-0.4, -0.2) is 18.1 Å². The highest BCUT2D eigenvalue weighted by molar-refractivity contribution is 6.33. The molecule has 0 radical (unpaired) electrons. The lowest BCUT2D eigenvalue weighted by Crippen LogP contribution is -2.17. The van der Waals surface area contributed by atoms with E-state index >= 15 is 0 Å². The molecular formula is C17H13ClF2N2O. The second kappa shape index (κ2) is 5.49. The highest BCUT2D eigenvalue weighted by Crippen LogP contribution is 2.33.